The number of carbonyl (C=O) groups is 1. The van der Waals surface area contributed by atoms with Crippen molar-refractivity contribution in [2.45, 2.75) is 13.5 Å². The maximum atomic E-state index is 12.0. The predicted octanol–water partition coefficient (Wildman–Crippen LogP) is 2.26. The summed E-state index contributed by atoms with van der Waals surface area (Å²) in [5, 5.41) is 14.8. The molecule has 2 rings (SSSR count). The van der Waals surface area contributed by atoms with Crippen molar-refractivity contribution in [1.82, 2.24) is 4.98 Å². The Morgan fingerprint density at radius 1 is 1.15 bits per heavy atom. The van der Waals surface area contributed by atoms with Gasteiger partial charge in [0.2, 0.25) is 0 Å². The molecule has 0 aliphatic heterocycles. The molecule has 0 fully saturated rings. The molecule has 0 bridgehead atoms. The topological polar surface area (TPSA) is 74.2 Å². The van der Waals surface area contributed by atoms with E-state index in [0.717, 1.165) is 17.8 Å². The monoisotopic (exact) mass is 271 g/mol. The lowest BCUT2D eigenvalue weighted by Crippen LogP contribution is -2.13. The number of amides is 1. The van der Waals surface area contributed by atoms with Crippen LogP contribution in [-0.2, 0) is 6.61 Å². The number of pyridine rings is 1. The van der Waals surface area contributed by atoms with Gasteiger partial charge in [-0.05, 0) is 36.8 Å². The second-order valence-electron chi connectivity index (χ2n) is 4.27. The van der Waals surface area contributed by atoms with Crippen molar-refractivity contribution in [2.75, 3.05) is 17.2 Å². The number of carbonyl (C=O) groups excluding carboxylic acids is 1. The number of aliphatic hydroxyl groups excluding tert-OH is 1. The van der Waals surface area contributed by atoms with Crippen molar-refractivity contribution in [3.8, 4) is 0 Å². The van der Waals surface area contributed by atoms with Gasteiger partial charge in [-0.25, -0.2) is 4.98 Å². The summed E-state index contributed by atoms with van der Waals surface area (Å²) >= 11 is 0. The molecular formula is C15H17N3O2. The minimum Gasteiger partial charge on any atom is -0.392 e. The summed E-state index contributed by atoms with van der Waals surface area (Å²) in [7, 11) is 0. The number of rotatable bonds is 5. The summed E-state index contributed by atoms with van der Waals surface area (Å²) in [6, 6.07) is 10.5. The first-order valence-corrected chi connectivity index (χ1v) is 6.44. The first kappa shape index (κ1) is 14.0. The van der Waals surface area contributed by atoms with Crippen LogP contribution in [0.1, 0.15) is 23.0 Å². The molecule has 3 N–H and O–H groups in total. The van der Waals surface area contributed by atoms with Gasteiger partial charge >= 0.3 is 0 Å². The van der Waals surface area contributed by atoms with Gasteiger partial charge in [0.05, 0.1) is 18.5 Å². The molecule has 2 aromatic rings. The second kappa shape index (κ2) is 6.68. The van der Waals surface area contributed by atoms with Crippen molar-refractivity contribution in [1.29, 1.82) is 0 Å². The number of nitrogens with one attached hydrogen (secondary N) is 2. The van der Waals surface area contributed by atoms with Gasteiger partial charge in [-0.2, -0.15) is 0 Å². The Bertz CT molecular complexity index is 565. The molecular weight excluding hydrogens is 254 g/mol. The summed E-state index contributed by atoms with van der Waals surface area (Å²) in [4.78, 5) is 16.1. The van der Waals surface area contributed by atoms with Crippen molar-refractivity contribution < 1.29 is 9.90 Å². The Kier molecular flexibility index (Phi) is 4.68. The molecule has 1 amide bonds. The fraction of sp³-hybridized carbons (Fsp3) is 0.200. The molecule has 1 heterocycles. The van der Waals surface area contributed by atoms with Gasteiger partial charge in [-0.1, -0.05) is 12.1 Å². The third kappa shape index (κ3) is 3.55. The summed E-state index contributed by atoms with van der Waals surface area (Å²) in [6.45, 7) is 2.79. The molecule has 0 saturated carbocycles. The quantitative estimate of drug-likeness (QED) is 0.779. The van der Waals surface area contributed by atoms with E-state index in [2.05, 4.69) is 15.6 Å². The number of hydrogen-bond acceptors (Lipinski definition) is 4. The highest BCUT2D eigenvalue weighted by atomic mass is 16.3. The third-order valence-corrected chi connectivity index (χ3v) is 2.77. The Morgan fingerprint density at radius 2 is 1.85 bits per heavy atom. The number of nitrogens with zero attached hydrogens (tertiary/aromatic N) is 1. The van der Waals surface area contributed by atoms with Crippen LogP contribution in [0.4, 0.5) is 11.4 Å². The zero-order valence-corrected chi connectivity index (χ0v) is 11.3. The molecule has 104 valence electrons. The van der Waals surface area contributed by atoms with Gasteiger partial charge < -0.3 is 15.7 Å². The highest BCUT2D eigenvalue weighted by Crippen LogP contribution is 2.12. The Hall–Kier alpha value is -2.40. The molecule has 5 nitrogen and oxygen atoms in total. The Labute approximate surface area is 117 Å². The van der Waals surface area contributed by atoms with Crippen LogP contribution in [0.2, 0.25) is 0 Å². The molecule has 0 saturated heterocycles. The first-order valence-electron chi connectivity index (χ1n) is 6.44. The number of hydrogen-bond donors (Lipinski definition) is 3. The largest absolute Gasteiger partial charge is 0.392 e. The van der Waals surface area contributed by atoms with Crippen LogP contribution < -0.4 is 10.6 Å². The molecule has 20 heavy (non-hydrogen) atoms. The Balaban J connectivity index is 2.03. The van der Waals surface area contributed by atoms with E-state index in [1.165, 1.54) is 0 Å². The fourth-order valence-corrected chi connectivity index (χ4v) is 1.73. The lowest BCUT2D eigenvalue weighted by molar-refractivity contribution is 0.102. The van der Waals surface area contributed by atoms with Crippen LogP contribution in [0.3, 0.4) is 0 Å². The number of benzene rings is 1. The number of anilines is 2. The minimum atomic E-state index is -0.259. The fourth-order valence-electron chi connectivity index (χ4n) is 1.73. The smallest absolute Gasteiger partial charge is 0.274 e. The molecule has 0 aliphatic carbocycles. The van der Waals surface area contributed by atoms with Gasteiger partial charge in [0, 0.05) is 12.2 Å². The van der Waals surface area contributed by atoms with Gasteiger partial charge in [-0.15, -0.1) is 0 Å². The summed E-state index contributed by atoms with van der Waals surface area (Å²) in [5.74, 6) is -0.259. The van der Waals surface area contributed by atoms with Gasteiger partial charge in [0.25, 0.3) is 5.91 Å². The summed E-state index contributed by atoms with van der Waals surface area (Å²) in [6.07, 6.45) is 1.63. The van der Waals surface area contributed by atoms with Crippen molar-refractivity contribution in [3.05, 3.63) is 53.9 Å². The van der Waals surface area contributed by atoms with Crippen LogP contribution in [-0.4, -0.2) is 22.5 Å². The number of aliphatic hydroxyl groups is 1. The molecule has 0 unspecified atom stereocenters. The summed E-state index contributed by atoms with van der Waals surface area (Å²) in [5.41, 5.74) is 2.72. The van der Waals surface area contributed by atoms with Crippen LogP contribution in [0.25, 0.3) is 0 Å². The van der Waals surface area contributed by atoms with Gasteiger partial charge in [0.1, 0.15) is 5.69 Å². The molecule has 0 spiro atoms. The van der Waals surface area contributed by atoms with E-state index >= 15 is 0 Å². The molecule has 0 aliphatic rings. The maximum Gasteiger partial charge on any atom is 0.274 e. The molecule has 1 aromatic carbocycles. The number of aromatic nitrogens is 1. The van der Waals surface area contributed by atoms with E-state index in [0.29, 0.717) is 11.4 Å². The average Bonchev–Trinajstić information content (AvgIpc) is 2.49. The molecule has 5 heteroatoms. The van der Waals surface area contributed by atoms with E-state index < -0.39 is 0 Å². The minimum absolute atomic E-state index is 0.0122. The van der Waals surface area contributed by atoms with E-state index in [1.807, 2.05) is 13.0 Å². The van der Waals surface area contributed by atoms with Crippen LogP contribution >= 0.6 is 0 Å². The van der Waals surface area contributed by atoms with Crippen molar-refractivity contribution in [2.24, 2.45) is 0 Å². The second-order valence-corrected chi connectivity index (χ2v) is 4.27. The third-order valence-electron chi connectivity index (χ3n) is 2.77. The zero-order valence-electron chi connectivity index (χ0n) is 11.3. The lowest BCUT2D eigenvalue weighted by atomic mass is 10.2. The predicted molar refractivity (Wildman–Crippen MR) is 78.7 cm³/mol. The van der Waals surface area contributed by atoms with Crippen LogP contribution in [0, 0.1) is 0 Å². The first-order chi connectivity index (χ1) is 9.72. The van der Waals surface area contributed by atoms with Crippen molar-refractivity contribution in [3.63, 3.8) is 0 Å². The highest BCUT2D eigenvalue weighted by molar-refractivity contribution is 6.02. The van der Waals surface area contributed by atoms with Crippen LogP contribution in [0.15, 0.2) is 42.6 Å². The van der Waals surface area contributed by atoms with Crippen LogP contribution in [0.5, 0.6) is 0 Å². The normalized spacial score (nSPS) is 10.1. The highest BCUT2D eigenvalue weighted by Gasteiger charge is 2.07. The average molecular weight is 271 g/mol. The van der Waals surface area contributed by atoms with E-state index in [-0.39, 0.29) is 12.5 Å². The van der Waals surface area contributed by atoms with Gasteiger partial charge in [0.15, 0.2) is 0 Å². The lowest BCUT2D eigenvalue weighted by Gasteiger charge is -2.06. The molecule has 1 aromatic heterocycles. The molecule has 0 atom stereocenters. The van der Waals surface area contributed by atoms with Crippen molar-refractivity contribution >= 4 is 17.3 Å². The SMILES string of the molecule is CCNc1ccc(C(=O)Nc2ccc(CO)cc2)nc1. The van der Waals surface area contributed by atoms with E-state index in [1.54, 1.807) is 36.5 Å². The van der Waals surface area contributed by atoms with Gasteiger partial charge in [-0.3, -0.25) is 4.79 Å². The summed E-state index contributed by atoms with van der Waals surface area (Å²) < 4.78 is 0. The molecule has 0 radical (unpaired) electrons. The maximum absolute atomic E-state index is 12.0. The standard InChI is InChI=1S/C15H17N3O2/c1-2-16-13-7-8-14(17-9-13)15(20)18-12-5-3-11(10-19)4-6-12/h3-9,16,19H,2,10H2,1H3,(H,18,20). The van der Waals surface area contributed by atoms with E-state index in [9.17, 15) is 4.79 Å². The Morgan fingerprint density at radius 3 is 2.40 bits per heavy atom. The zero-order chi connectivity index (χ0) is 14.4. The van der Waals surface area contributed by atoms with E-state index in [4.69, 9.17) is 5.11 Å².